The molecule has 5 heteroatoms. The zero-order chi connectivity index (χ0) is 29.0. The summed E-state index contributed by atoms with van der Waals surface area (Å²) in [6, 6.07) is 9.75. The Hall–Kier alpha value is -1.69. The molecule has 3 saturated carbocycles. The van der Waals surface area contributed by atoms with Gasteiger partial charge >= 0.3 is 5.97 Å². The van der Waals surface area contributed by atoms with Crippen LogP contribution in [0.1, 0.15) is 126 Å². The van der Waals surface area contributed by atoms with Gasteiger partial charge in [-0.05, 0) is 117 Å². The summed E-state index contributed by atoms with van der Waals surface area (Å²) in [6.45, 7) is 6.23. The van der Waals surface area contributed by atoms with Gasteiger partial charge < -0.3 is 9.84 Å². The van der Waals surface area contributed by atoms with Crippen LogP contribution in [0.5, 0.6) is 0 Å². The van der Waals surface area contributed by atoms with Gasteiger partial charge in [-0.3, -0.25) is 4.89 Å². The van der Waals surface area contributed by atoms with Crippen molar-refractivity contribution >= 4 is 5.97 Å². The van der Waals surface area contributed by atoms with E-state index in [9.17, 15) is 4.79 Å². The predicted octanol–water partition coefficient (Wildman–Crippen LogP) is 8.52. The summed E-state index contributed by atoms with van der Waals surface area (Å²) >= 11 is 0. The molecule has 0 radical (unpaired) electrons. The normalized spacial score (nSPS) is 29.5. The lowest BCUT2D eigenvalue weighted by atomic mass is 9.68. The zero-order valence-electron chi connectivity index (χ0n) is 25.9. The number of ether oxygens (including phenoxy) is 1. The molecule has 1 N–H and O–H groups in total. The first-order valence-corrected chi connectivity index (χ1v) is 16.7. The van der Waals surface area contributed by atoms with Crippen molar-refractivity contribution in [1.29, 1.82) is 0 Å². The lowest BCUT2D eigenvalue weighted by Crippen LogP contribution is -2.25. The van der Waals surface area contributed by atoms with Crippen molar-refractivity contribution in [2.45, 2.75) is 115 Å². The fourth-order valence-electron chi connectivity index (χ4n) is 8.25. The maximum Gasteiger partial charge on any atom is 0.370 e. The van der Waals surface area contributed by atoms with Gasteiger partial charge in [0.15, 0.2) is 0 Å². The Morgan fingerprint density at radius 1 is 0.829 bits per heavy atom. The Morgan fingerprint density at radius 3 is 1.85 bits per heavy atom. The fourth-order valence-corrected chi connectivity index (χ4v) is 8.25. The SMILES string of the molecule is C=C(CO)C(=O)OOCC(COC)CC1CCC(c2ccc(C3CCC(C4CCC(CCC)CC4)CC3)cc2)CC1. The average Bonchev–Trinajstić information content (AvgIpc) is 3.02. The van der Waals surface area contributed by atoms with Crippen molar-refractivity contribution in [3.63, 3.8) is 0 Å². The van der Waals surface area contributed by atoms with E-state index in [-0.39, 0.29) is 11.5 Å². The Balaban J connectivity index is 1.17. The van der Waals surface area contributed by atoms with Gasteiger partial charge in [0.2, 0.25) is 0 Å². The second-order valence-electron chi connectivity index (χ2n) is 13.5. The van der Waals surface area contributed by atoms with Crippen LogP contribution in [0.15, 0.2) is 36.4 Å². The zero-order valence-corrected chi connectivity index (χ0v) is 25.9. The van der Waals surface area contributed by atoms with Crippen LogP contribution in [-0.4, -0.2) is 38.0 Å². The van der Waals surface area contributed by atoms with E-state index < -0.39 is 12.6 Å². The third-order valence-corrected chi connectivity index (χ3v) is 10.7. The molecule has 1 unspecified atom stereocenters. The molecule has 0 aliphatic heterocycles. The van der Waals surface area contributed by atoms with Crippen molar-refractivity contribution < 1.29 is 24.4 Å². The van der Waals surface area contributed by atoms with Gasteiger partial charge in [0.25, 0.3) is 0 Å². The molecule has 4 rings (SSSR count). The molecule has 0 heterocycles. The molecule has 5 nitrogen and oxygen atoms in total. The molecule has 0 saturated heterocycles. The molecule has 3 aliphatic carbocycles. The highest BCUT2D eigenvalue weighted by Gasteiger charge is 2.31. The lowest BCUT2D eigenvalue weighted by molar-refractivity contribution is -0.276. The van der Waals surface area contributed by atoms with E-state index in [4.69, 9.17) is 19.6 Å². The number of carbonyl (C=O) groups excluding carboxylic acids is 1. The number of hydrogen-bond acceptors (Lipinski definition) is 5. The van der Waals surface area contributed by atoms with E-state index in [1.807, 2.05) is 0 Å². The minimum atomic E-state index is -0.720. The molecular formula is C36H56O5. The van der Waals surface area contributed by atoms with Crippen LogP contribution in [0.3, 0.4) is 0 Å². The highest BCUT2D eigenvalue weighted by Crippen LogP contribution is 2.45. The average molecular weight is 569 g/mol. The van der Waals surface area contributed by atoms with E-state index in [0.717, 1.165) is 30.1 Å². The Kier molecular flexibility index (Phi) is 13.2. The molecule has 1 aromatic carbocycles. The van der Waals surface area contributed by atoms with Gasteiger partial charge in [-0.2, -0.15) is 4.89 Å². The summed E-state index contributed by atoms with van der Waals surface area (Å²) in [7, 11) is 1.69. The molecule has 0 aromatic heterocycles. The Labute approximate surface area is 249 Å². The van der Waals surface area contributed by atoms with Crippen molar-refractivity contribution in [2.75, 3.05) is 26.9 Å². The summed E-state index contributed by atoms with van der Waals surface area (Å²) in [6.07, 6.45) is 20.3. The first kappa shape index (κ1) is 32.2. The van der Waals surface area contributed by atoms with Gasteiger partial charge in [0.05, 0.1) is 25.4 Å². The molecule has 1 aromatic rings. The fraction of sp³-hybridized carbons (Fsp3) is 0.750. The molecule has 41 heavy (non-hydrogen) atoms. The van der Waals surface area contributed by atoms with Crippen LogP contribution in [0.4, 0.5) is 0 Å². The first-order chi connectivity index (χ1) is 20.0. The second kappa shape index (κ2) is 16.8. The van der Waals surface area contributed by atoms with Crippen LogP contribution in [0.2, 0.25) is 0 Å². The molecule has 3 fully saturated rings. The molecule has 230 valence electrons. The third kappa shape index (κ3) is 9.66. The van der Waals surface area contributed by atoms with Gasteiger partial charge in [0, 0.05) is 13.0 Å². The third-order valence-electron chi connectivity index (χ3n) is 10.7. The van der Waals surface area contributed by atoms with E-state index in [0.29, 0.717) is 25.0 Å². The monoisotopic (exact) mass is 568 g/mol. The second-order valence-corrected chi connectivity index (χ2v) is 13.5. The summed E-state index contributed by atoms with van der Waals surface area (Å²) < 4.78 is 5.39. The van der Waals surface area contributed by atoms with E-state index >= 15 is 0 Å². The highest BCUT2D eigenvalue weighted by molar-refractivity contribution is 5.87. The van der Waals surface area contributed by atoms with Crippen LogP contribution in [-0.2, 0) is 19.3 Å². The molecule has 1 atom stereocenters. The number of rotatable bonds is 14. The molecule has 0 spiro atoms. The predicted molar refractivity (Wildman–Crippen MR) is 164 cm³/mol. The van der Waals surface area contributed by atoms with E-state index in [2.05, 4.69) is 37.8 Å². The summed E-state index contributed by atoms with van der Waals surface area (Å²) in [4.78, 5) is 21.6. The minimum Gasteiger partial charge on any atom is -0.391 e. The largest absolute Gasteiger partial charge is 0.391 e. The van der Waals surface area contributed by atoms with E-state index in [1.165, 1.54) is 95.5 Å². The maximum absolute atomic E-state index is 11.6. The Morgan fingerprint density at radius 2 is 1.34 bits per heavy atom. The number of aliphatic hydroxyl groups is 1. The molecule has 0 bridgehead atoms. The van der Waals surface area contributed by atoms with Crippen molar-refractivity contribution in [1.82, 2.24) is 0 Å². The van der Waals surface area contributed by atoms with Crippen molar-refractivity contribution in [3.8, 4) is 0 Å². The summed E-state index contributed by atoms with van der Waals surface area (Å²) in [5.41, 5.74) is 3.07. The van der Waals surface area contributed by atoms with Crippen LogP contribution in [0, 0.1) is 29.6 Å². The molecular weight excluding hydrogens is 512 g/mol. The highest BCUT2D eigenvalue weighted by atomic mass is 17.2. The Bertz CT molecular complexity index is 902. The first-order valence-electron chi connectivity index (χ1n) is 16.7. The van der Waals surface area contributed by atoms with Gasteiger partial charge in [-0.1, -0.05) is 63.5 Å². The van der Waals surface area contributed by atoms with Gasteiger partial charge in [-0.25, -0.2) is 4.79 Å². The smallest absolute Gasteiger partial charge is 0.370 e. The van der Waals surface area contributed by atoms with Crippen LogP contribution in [0.25, 0.3) is 0 Å². The maximum atomic E-state index is 11.6. The number of aliphatic hydroxyl groups excluding tert-OH is 1. The van der Waals surface area contributed by atoms with Crippen LogP contribution >= 0.6 is 0 Å². The molecule has 3 aliphatic rings. The number of hydrogen-bond donors (Lipinski definition) is 1. The molecule has 0 amide bonds. The minimum absolute atomic E-state index is 0.0119. The number of benzene rings is 1. The quantitative estimate of drug-likeness (QED) is 0.138. The van der Waals surface area contributed by atoms with Crippen LogP contribution < -0.4 is 0 Å². The van der Waals surface area contributed by atoms with Gasteiger partial charge in [-0.15, -0.1) is 0 Å². The number of carbonyl (C=O) groups is 1. The number of methoxy groups -OCH3 is 1. The van der Waals surface area contributed by atoms with Gasteiger partial charge in [0.1, 0.15) is 0 Å². The summed E-state index contributed by atoms with van der Waals surface area (Å²) in [5, 5.41) is 8.98. The topological polar surface area (TPSA) is 65.0 Å². The summed E-state index contributed by atoms with van der Waals surface area (Å²) in [5.74, 6) is 4.51. The standard InChI is InChI=1S/C36H56O5/c1-4-5-27-6-10-30(11-7-27)32-14-18-34(19-15-32)35-20-16-33(17-21-35)31-12-8-28(9-13-31)22-29(24-39-3)25-40-41-36(38)26(2)23-37/h16-17,20-21,27-32,34,37H,2,4-15,18-19,22-25H2,1,3H3. The van der Waals surface area contributed by atoms with E-state index in [1.54, 1.807) is 12.7 Å². The van der Waals surface area contributed by atoms with Crippen molar-refractivity contribution in [3.05, 3.63) is 47.5 Å². The van der Waals surface area contributed by atoms with Crippen molar-refractivity contribution in [2.24, 2.45) is 29.6 Å². The lowest BCUT2D eigenvalue weighted by Gasteiger charge is -2.38.